The average Bonchev–Trinajstić information content (AvgIpc) is 2.51. The van der Waals surface area contributed by atoms with Crippen molar-refractivity contribution in [1.29, 1.82) is 0 Å². The Morgan fingerprint density at radius 3 is 2.93 bits per heavy atom. The van der Waals surface area contributed by atoms with Gasteiger partial charge in [-0.15, -0.1) is 5.10 Å². The van der Waals surface area contributed by atoms with Crippen molar-refractivity contribution in [3.63, 3.8) is 0 Å². The Hall–Kier alpha value is -1.96. The fourth-order valence-electron chi connectivity index (χ4n) is 1.00. The lowest BCUT2D eigenvalue weighted by atomic mass is 10.5. The van der Waals surface area contributed by atoms with E-state index in [1.54, 1.807) is 13.2 Å². The first-order valence-corrected chi connectivity index (χ1v) is 4.24. The molecule has 15 heavy (non-hydrogen) atoms. The molecule has 3 amide bonds. The first kappa shape index (κ1) is 11.1. The van der Waals surface area contributed by atoms with Crippen LogP contribution in [0.1, 0.15) is 5.69 Å². The predicted molar refractivity (Wildman–Crippen MR) is 50.5 cm³/mol. The number of hydrogen-bond acceptors (Lipinski definition) is 5. The number of carbonyl (C=O) groups is 2. The van der Waals surface area contributed by atoms with Crippen LogP contribution < -0.4 is 16.4 Å². The minimum absolute atomic E-state index is 0.0837. The van der Waals surface area contributed by atoms with Gasteiger partial charge in [0.25, 0.3) is 0 Å². The van der Waals surface area contributed by atoms with Crippen molar-refractivity contribution in [2.24, 2.45) is 5.73 Å². The van der Waals surface area contributed by atoms with Crippen molar-refractivity contribution in [1.82, 2.24) is 25.6 Å². The fraction of sp³-hybridized carbons (Fsp3) is 0.429. The molecule has 8 nitrogen and oxygen atoms in total. The molecule has 0 radical (unpaired) electrons. The summed E-state index contributed by atoms with van der Waals surface area (Å²) in [6.07, 6.45) is 1.61. The monoisotopic (exact) mass is 212 g/mol. The first-order valence-electron chi connectivity index (χ1n) is 4.24. The van der Waals surface area contributed by atoms with Gasteiger partial charge in [0.15, 0.2) is 0 Å². The topological polar surface area (TPSA) is 115 Å². The van der Waals surface area contributed by atoms with E-state index in [1.807, 2.05) is 5.32 Å². The lowest BCUT2D eigenvalue weighted by molar-refractivity contribution is -0.120. The van der Waals surface area contributed by atoms with Crippen LogP contribution in [0.3, 0.4) is 0 Å². The number of nitrogens with two attached hydrogens (primary N) is 1. The van der Waals surface area contributed by atoms with Crippen molar-refractivity contribution in [3.8, 4) is 0 Å². The molecule has 0 aliphatic rings. The smallest absolute Gasteiger partial charge is 0.318 e. The van der Waals surface area contributed by atoms with Crippen molar-refractivity contribution in [2.45, 2.75) is 13.1 Å². The van der Waals surface area contributed by atoms with Crippen LogP contribution in [0, 0.1) is 0 Å². The maximum Gasteiger partial charge on any atom is 0.318 e. The quantitative estimate of drug-likeness (QED) is 0.544. The highest BCUT2D eigenvalue weighted by atomic mass is 16.2. The molecule has 8 heteroatoms. The predicted octanol–water partition coefficient (Wildman–Crippen LogP) is -1.81. The second kappa shape index (κ2) is 5.05. The number of amides is 3. The van der Waals surface area contributed by atoms with Gasteiger partial charge < -0.3 is 11.1 Å². The summed E-state index contributed by atoms with van der Waals surface area (Å²) in [5, 5.41) is 12.3. The Kier molecular flexibility index (Phi) is 3.75. The number of rotatable bonds is 4. The summed E-state index contributed by atoms with van der Waals surface area (Å²) in [7, 11) is 1.78. The normalized spacial score (nSPS) is 9.93. The van der Waals surface area contributed by atoms with E-state index in [1.165, 1.54) is 4.68 Å². The van der Waals surface area contributed by atoms with E-state index < -0.39 is 11.9 Å². The third-order valence-corrected chi connectivity index (χ3v) is 1.51. The fourth-order valence-corrected chi connectivity index (χ4v) is 1.00. The third kappa shape index (κ3) is 3.73. The number of aromatic nitrogens is 3. The highest BCUT2D eigenvalue weighted by molar-refractivity contribution is 5.93. The van der Waals surface area contributed by atoms with E-state index in [-0.39, 0.29) is 6.54 Å². The number of carbonyl (C=O) groups excluding carboxylic acids is 2. The van der Waals surface area contributed by atoms with Crippen LogP contribution in [0.25, 0.3) is 0 Å². The number of primary amides is 1. The van der Waals surface area contributed by atoms with Crippen LogP contribution in [0.15, 0.2) is 6.20 Å². The summed E-state index contributed by atoms with van der Waals surface area (Å²) in [6.45, 7) is 0.483. The van der Waals surface area contributed by atoms with Crippen LogP contribution in [0.2, 0.25) is 0 Å². The number of imide groups is 1. The van der Waals surface area contributed by atoms with Gasteiger partial charge in [-0.3, -0.25) is 10.1 Å². The highest BCUT2D eigenvalue weighted by Gasteiger charge is 2.06. The molecule has 0 aliphatic carbocycles. The van der Waals surface area contributed by atoms with Gasteiger partial charge in [-0.2, -0.15) is 0 Å². The average molecular weight is 212 g/mol. The van der Waals surface area contributed by atoms with Crippen LogP contribution in [0.4, 0.5) is 4.79 Å². The van der Waals surface area contributed by atoms with E-state index in [0.29, 0.717) is 12.2 Å². The summed E-state index contributed by atoms with van der Waals surface area (Å²) < 4.78 is 1.32. The molecule has 82 valence electrons. The molecule has 1 heterocycles. The van der Waals surface area contributed by atoms with E-state index in [0.717, 1.165) is 0 Å². The second-order valence-electron chi connectivity index (χ2n) is 2.85. The minimum atomic E-state index is -0.879. The van der Waals surface area contributed by atoms with Crippen molar-refractivity contribution in [3.05, 3.63) is 11.9 Å². The van der Waals surface area contributed by atoms with Gasteiger partial charge in [0.2, 0.25) is 5.91 Å². The van der Waals surface area contributed by atoms with Gasteiger partial charge in [0.1, 0.15) is 6.54 Å². The molecule has 0 aliphatic heterocycles. The lowest BCUT2D eigenvalue weighted by Gasteiger charge is -1.99. The highest BCUT2D eigenvalue weighted by Crippen LogP contribution is 1.91. The standard InChI is InChI=1S/C7H12N6O2/c1-9-2-5-3-13(12-11-5)4-6(14)10-7(8)15/h3,9H,2,4H2,1H3,(H3,8,10,14,15). The molecule has 1 aromatic heterocycles. The van der Waals surface area contributed by atoms with Crippen LogP contribution in [-0.2, 0) is 17.9 Å². The Morgan fingerprint density at radius 1 is 1.60 bits per heavy atom. The molecule has 0 unspecified atom stereocenters. The van der Waals surface area contributed by atoms with E-state index in [2.05, 4.69) is 15.6 Å². The van der Waals surface area contributed by atoms with Crippen LogP contribution in [0.5, 0.6) is 0 Å². The summed E-state index contributed by atoms with van der Waals surface area (Å²) in [5.41, 5.74) is 5.49. The van der Waals surface area contributed by atoms with Crippen molar-refractivity contribution >= 4 is 11.9 Å². The second-order valence-corrected chi connectivity index (χ2v) is 2.85. The maximum absolute atomic E-state index is 11.1. The zero-order valence-corrected chi connectivity index (χ0v) is 8.23. The first-order chi connectivity index (χ1) is 7.11. The summed E-state index contributed by atoms with van der Waals surface area (Å²) in [4.78, 5) is 21.4. The van der Waals surface area contributed by atoms with Gasteiger partial charge in [0.05, 0.1) is 11.9 Å². The lowest BCUT2D eigenvalue weighted by Crippen LogP contribution is -2.37. The maximum atomic E-state index is 11.1. The molecule has 0 fully saturated rings. The van der Waals surface area contributed by atoms with Gasteiger partial charge in [0, 0.05) is 6.54 Å². The molecule has 0 saturated carbocycles. The van der Waals surface area contributed by atoms with Crippen LogP contribution in [-0.4, -0.2) is 34.0 Å². The SMILES string of the molecule is CNCc1cn(CC(=O)NC(N)=O)nn1. The molecule has 0 atom stereocenters. The van der Waals surface area contributed by atoms with Gasteiger partial charge in [-0.05, 0) is 7.05 Å². The Bertz CT molecular complexity index is 360. The van der Waals surface area contributed by atoms with E-state index >= 15 is 0 Å². The molecule has 1 rings (SSSR count). The number of nitrogens with zero attached hydrogens (tertiary/aromatic N) is 3. The summed E-state index contributed by atoms with van der Waals surface area (Å²) in [6, 6.07) is -0.879. The molecule has 0 spiro atoms. The van der Waals surface area contributed by atoms with Crippen LogP contribution >= 0.6 is 0 Å². The molecule has 0 bridgehead atoms. The molecular weight excluding hydrogens is 200 g/mol. The summed E-state index contributed by atoms with van der Waals surface area (Å²) in [5.74, 6) is -0.525. The summed E-state index contributed by atoms with van der Waals surface area (Å²) >= 11 is 0. The molecular formula is C7H12N6O2. The number of nitrogens with one attached hydrogen (secondary N) is 2. The zero-order chi connectivity index (χ0) is 11.3. The molecule has 0 saturated heterocycles. The molecule has 4 N–H and O–H groups in total. The number of hydrogen-bond donors (Lipinski definition) is 3. The third-order valence-electron chi connectivity index (χ3n) is 1.51. The largest absolute Gasteiger partial charge is 0.351 e. The minimum Gasteiger partial charge on any atom is -0.351 e. The molecule has 0 aromatic carbocycles. The van der Waals surface area contributed by atoms with Crippen molar-refractivity contribution in [2.75, 3.05) is 7.05 Å². The number of urea groups is 1. The van der Waals surface area contributed by atoms with Crippen molar-refractivity contribution < 1.29 is 9.59 Å². The van der Waals surface area contributed by atoms with Gasteiger partial charge in [-0.25, -0.2) is 9.48 Å². The van der Waals surface area contributed by atoms with E-state index in [4.69, 9.17) is 5.73 Å². The van der Waals surface area contributed by atoms with E-state index in [9.17, 15) is 9.59 Å². The van der Waals surface area contributed by atoms with Gasteiger partial charge in [-0.1, -0.05) is 5.21 Å². The molecule has 1 aromatic rings. The Labute approximate surface area is 85.8 Å². The Morgan fingerprint density at radius 2 is 2.33 bits per heavy atom. The zero-order valence-electron chi connectivity index (χ0n) is 8.23. The van der Waals surface area contributed by atoms with Gasteiger partial charge >= 0.3 is 6.03 Å². The Balaban J connectivity index is 2.49.